The number of carbonyl (C=O) groups is 1. The Hall–Kier alpha value is -2.71. The van der Waals surface area contributed by atoms with Gasteiger partial charge in [0.2, 0.25) is 5.91 Å². The Morgan fingerprint density at radius 2 is 2.06 bits per heavy atom. The lowest BCUT2D eigenvalue weighted by Crippen LogP contribution is -2.53. The zero-order chi connectivity index (χ0) is 22.8. The van der Waals surface area contributed by atoms with E-state index in [9.17, 15) is 9.59 Å². The molecule has 1 saturated carbocycles. The second-order valence-electron chi connectivity index (χ2n) is 9.30. The van der Waals surface area contributed by atoms with Crippen molar-refractivity contribution in [2.24, 2.45) is 5.92 Å². The minimum Gasteiger partial charge on any atom is -0.365 e. The Labute approximate surface area is 197 Å². The molecule has 4 heterocycles. The molecule has 1 amide bonds. The molecule has 3 aromatic rings. The zero-order valence-electron chi connectivity index (χ0n) is 18.9. The van der Waals surface area contributed by atoms with E-state index in [2.05, 4.69) is 32.4 Å². The summed E-state index contributed by atoms with van der Waals surface area (Å²) >= 11 is 1.63. The van der Waals surface area contributed by atoms with Crippen LogP contribution >= 0.6 is 11.3 Å². The first-order valence-electron chi connectivity index (χ1n) is 11.9. The van der Waals surface area contributed by atoms with Gasteiger partial charge in [0.1, 0.15) is 0 Å². The van der Waals surface area contributed by atoms with Crippen LogP contribution in [-0.4, -0.2) is 41.0 Å². The topological polar surface area (TPSA) is 98.9 Å². The fourth-order valence-corrected chi connectivity index (χ4v) is 5.75. The van der Waals surface area contributed by atoms with Gasteiger partial charge in [0.15, 0.2) is 5.82 Å². The lowest BCUT2D eigenvalue weighted by Gasteiger charge is -2.34. The lowest BCUT2D eigenvalue weighted by molar-refractivity contribution is -0.126. The van der Waals surface area contributed by atoms with Crippen molar-refractivity contribution in [3.8, 4) is 11.1 Å². The fourth-order valence-electron chi connectivity index (χ4n) is 5.09. The monoisotopic (exact) mass is 465 g/mol. The maximum atomic E-state index is 13.2. The molecule has 1 saturated heterocycles. The van der Waals surface area contributed by atoms with Crippen LogP contribution in [0.2, 0.25) is 0 Å². The number of thiophene rings is 1. The number of aromatic amines is 1. The molecule has 1 aliphatic heterocycles. The number of hydrogen-bond acceptors (Lipinski definition) is 6. The van der Waals surface area contributed by atoms with E-state index < -0.39 is 0 Å². The summed E-state index contributed by atoms with van der Waals surface area (Å²) in [6, 6.07) is 4.23. The number of hydrogen-bond donors (Lipinski definition) is 4. The van der Waals surface area contributed by atoms with Crippen LogP contribution < -0.4 is 21.5 Å². The molecular formula is C25H31N5O2S. The van der Waals surface area contributed by atoms with Gasteiger partial charge in [0, 0.05) is 41.3 Å². The number of rotatable bonds is 5. The maximum absolute atomic E-state index is 13.2. The van der Waals surface area contributed by atoms with Gasteiger partial charge in [-0.2, -0.15) is 11.3 Å². The van der Waals surface area contributed by atoms with Crippen molar-refractivity contribution >= 4 is 34.0 Å². The first-order valence-corrected chi connectivity index (χ1v) is 12.9. The minimum absolute atomic E-state index is 0.0534. The second-order valence-corrected chi connectivity index (χ2v) is 10.1. The first kappa shape index (κ1) is 22.1. The van der Waals surface area contributed by atoms with E-state index in [1.165, 1.54) is 19.3 Å². The number of carbonyl (C=O) groups excluding carboxylic acids is 1. The molecule has 3 aromatic heterocycles. The average molecular weight is 466 g/mol. The molecule has 2 atom stereocenters. The molecule has 1 aliphatic carbocycles. The van der Waals surface area contributed by atoms with E-state index in [0.717, 1.165) is 42.3 Å². The van der Waals surface area contributed by atoms with Crippen molar-refractivity contribution in [3.05, 3.63) is 45.0 Å². The van der Waals surface area contributed by atoms with Gasteiger partial charge in [0.05, 0.1) is 11.4 Å². The van der Waals surface area contributed by atoms with E-state index in [1.807, 2.05) is 24.6 Å². The molecule has 33 heavy (non-hydrogen) atoms. The van der Waals surface area contributed by atoms with Gasteiger partial charge in [-0.05, 0) is 61.2 Å². The second kappa shape index (κ2) is 9.65. The largest absolute Gasteiger partial charge is 0.365 e. The summed E-state index contributed by atoms with van der Waals surface area (Å²) in [6.07, 6.45) is 8.46. The molecule has 0 spiro atoms. The first-order chi connectivity index (χ1) is 16.1. The number of H-pyrrole nitrogens is 1. The van der Waals surface area contributed by atoms with Gasteiger partial charge in [-0.3, -0.25) is 9.59 Å². The van der Waals surface area contributed by atoms with Crippen molar-refractivity contribution in [1.29, 1.82) is 0 Å². The number of aromatic nitrogens is 2. The Kier molecular flexibility index (Phi) is 6.46. The van der Waals surface area contributed by atoms with E-state index in [0.29, 0.717) is 23.4 Å². The molecule has 4 N–H and O–H groups in total. The predicted molar refractivity (Wildman–Crippen MR) is 134 cm³/mol. The molecule has 7 nitrogen and oxygen atoms in total. The highest BCUT2D eigenvalue weighted by Gasteiger charge is 2.33. The van der Waals surface area contributed by atoms with Gasteiger partial charge < -0.3 is 20.9 Å². The molecule has 0 bridgehead atoms. The molecule has 2 aliphatic rings. The van der Waals surface area contributed by atoms with Gasteiger partial charge in [-0.15, -0.1) is 0 Å². The zero-order valence-corrected chi connectivity index (χ0v) is 19.8. The normalized spacial score (nSPS) is 21.7. The Morgan fingerprint density at radius 3 is 2.85 bits per heavy atom. The number of fused-ring (bicyclic) bond motifs is 1. The highest BCUT2D eigenvalue weighted by molar-refractivity contribution is 7.08. The standard InChI is InChI=1S/C25H31N5O2S/c1-15-11-18-19(16-8-10-33-14-16)13-27-23(22(18)30-24(15)31)29-21-7-9-26-12-20(21)25(32)28-17-5-3-2-4-6-17/h8,10-11,13-14,17,20-21,26H,2-7,9,12H2,1H3,(H,27,29)(H,28,32)(H,30,31)/t20-,21-/m1/s1. The summed E-state index contributed by atoms with van der Waals surface area (Å²) in [5, 5.41) is 15.3. The third-order valence-electron chi connectivity index (χ3n) is 7.00. The van der Waals surface area contributed by atoms with Crippen molar-refractivity contribution in [2.75, 3.05) is 18.4 Å². The van der Waals surface area contributed by atoms with Crippen LogP contribution in [0.15, 0.2) is 33.9 Å². The van der Waals surface area contributed by atoms with E-state index in [-0.39, 0.29) is 29.5 Å². The molecule has 2 fully saturated rings. The molecule has 0 radical (unpaired) electrons. The Balaban J connectivity index is 1.44. The van der Waals surface area contributed by atoms with Crippen LogP contribution in [0.25, 0.3) is 22.0 Å². The van der Waals surface area contributed by atoms with Gasteiger partial charge in [0.25, 0.3) is 5.56 Å². The SMILES string of the molecule is Cc1cc2c(-c3ccsc3)cnc(N[C@@H]3CCNC[C@H]3C(=O)NC3CCCCC3)c2[nH]c1=O. The third kappa shape index (κ3) is 4.68. The third-order valence-corrected chi connectivity index (χ3v) is 7.68. The Morgan fingerprint density at radius 1 is 1.21 bits per heavy atom. The number of anilines is 1. The fraction of sp³-hybridized carbons (Fsp3) is 0.480. The number of amides is 1. The van der Waals surface area contributed by atoms with Gasteiger partial charge in [-0.1, -0.05) is 19.3 Å². The van der Waals surface area contributed by atoms with Crippen LogP contribution in [0.1, 0.15) is 44.1 Å². The summed E-state index contributed by atoms with van der Waals surface area (Å²) in [4.78, 5) is 33.4. The lowest BCUT2D eigenvalue weighted by atomic mass is 9.90. The number of piperidine rings is 1. The van der Waals surface area contributed by atoms with Crippen molar-refractivity contribution < 1.29 is 4.79 Å². The summed E-state index contributed by atoms with van der Waals surface area (Å²) in [5.41, 5.74) is 3.32. The Bertz CT molecular complexity index is 1180. The summed E-state index contributed by atoms with van der Waals surface area (Å²) < 4.78 is 0. The van der Waals surface area contributed by atoms with E-state index in [1.54, 1.807) is 11.3 Å². The maximum Gasteiger partial charge on any atom is 0.251 e. The number of nitrogens with zero attached hydrogens (tertiary/aromatic N) is 1. The van der Waals surface area contributed by atoms with Crippen LogP contribution in [-0.2, 0) is 4.79 Å². The molecular weight excluding hydrogens is 434 g/mol. The van der Waals surface area contributed by atoms with Crippen molar-refractivity contribution in [3.63, 3.8) is 0 Å². The smallest absolute Gasteiger partial charge is 0.251 e. The van der Waals surface area contributed by atoms with Crippen molar-refractivity contribution in [2.45, 2.75) is 57.5 Å². The highest BCUT2D eigenvalue weighted by atomic mass is 32.1. The van der Waals surface area contributed by atoms with Crippen LogP contribution in [0.4, 0.5) is 5.82 Å². The van der Waals surface area contributed by atoms with E-state index >= 15 is 0 Å². The highest BCUT2D eigenvalue weighted by Crippen LogP contribution is 2.32. The molecule has 8 heteroatoms. The molecule has 0 aromatic carbocycles. The van der Waals surface area contributed by atoms with Crippen LogP contribution in [0.3, 0.4) is 0 Å². The summed E-state index contributed by atoms with van der Waals surface area (Å²) in [7, 11) is 0. The predicted octanol–water partition coefficient (Wildman–Crippen LogP) is 3.80. The number of pyridine rings is 2. The number of nitrogens with one attached hydrogen (secondary N) is 4. The summed E-state index contributed by atoms with van der Waals surface area (Å²) in [6.45, 7) is 3.30. The molecule has 174 valence electrons. The summed E-state index contributed by atoms with van der Waals surface area (Å²) in [5.74, 6) is 0.546. The van der Waals surface area contributed by atoms with Crippen LogP contribution in [0.5, 0.6) is 0 Å². The van der Waals surface area contributed by atoms with E-state index in [4.69, 9.17) is 4.98 Å². The number of aryl methyl sites for hydroxylation is 1. The van der Waals surface area contributed by atoms with Crippen LogP contribution in [0, 0.1) is 12.8 Å². The minimum atomic E-state index is -0.189. The average Bonchev–Trinajstić information content (AvgIpc) is 3.36. The molecule has 5 rings (SSSR count). The quantitative estimate of drug-likeness (QED) is 0.459. The van der Waals surface area contributed by atoms with Crippen molar-refractivity contribution in [1.82, 2.24) is 20.6 Å². The van der Waals surface area contributed by atoms with Gasteiger partial charge >= 0.3 is 0 Å². The van der Waals surface area contributed by atoms with Gasteiger partial charge in [-0.25, -0.2) is 4.98 Å². The molecule has 0 unspecified atom stereocenters.